The summed E-state index contributed by atoms with van der Waals surface area (Å²) < 4.78 is 5.68. The van der Waals surface area contributed by atoms with E-state index in [1.54, 1.807) is 6.20 Å². The Kier molecular flexibility index (Phi) is 5.42. The summed E-state index contributed by atoms with van der Waals surface area (Å²) >= 11 is 0. The summed E-state index contributed by atoms with van der Waals surface area (Å²) in [4.78, 5) is 6.82. The van der Waals surface area contributed by atoms with Crippen molar-refractivity contribution in [2.45, 2.75) is 25.7 Å². The molecule has 1 aromatic rings. The second kappa shape index (κ2) is 7.34. The summed E-state index contributed by atoms with van der Waals surface area (Å²) in [6.45, 7) is 5.08. The summed E-state index contributed by atoms with van der Waals surface area (Å²) in [6.07, 6.45) is 6.42. The fourth-order valence-electron chi connectivity index (χ4n) is 2.28. The first-order valence-corrected chi connectivity index (χ1v) is 6.88. The molecule has 1 aliphatic heterocycles. The van der Waals surface area contributed by atoms with Crippen molar-refractivity contribution in [2.24, 2.45) is 5.73 Å². The minimum atomic E-state index is 0.642. The number of pyridine rings is 1. The summed E-state index contributed by atoms with van der Waals surface area (Å²) in [7, 11) is 0. The molecule has 0 bridgehead atoms. The molecule has 2 N–H and O–H groups in total. The molecule has 0 atom stereocenters. The van der Waals surface area contributed by atoms with Gasteiger partial charge in [0.2, 0.25) is 0 Å². The van der Waals surface area contributed by atoms with E-state index >= 15 is 0 Å². The third kappa shape index (κ3) is 4.27. The topological polar surface area (TPSA) is 51.4 Å². The van der Waals surface area contributed by atoms with E-state index in [0.717, 1.165) is 37.4 Å². The van der Waals surface area contributed by atoms with Crippen LogP contribution >= 0.6 is 0 Å². The Hall–Kier alpha value is -1.13. The predicted octanol–water partition coefficient (Wildman–Crippen LogP) is 1.45. The molecular weight excluding hydrogens is 226 g/mol. The van der Waals surface area contributed by atoms with Crippen LogP contribution in [0.5, 0.6) is 5.75 Å². The average Bonchev–Trinajstić information content (AvgIpc) is 2.90. The second-order valence-electron chi connectivity index (χ2n) is 4.77. The number of nitrogens with zero attached hydrogens (tertiary/aromatic N) is 2. The molecule has 1 aliphatic rings. The zero-order chi connectivity index (χ0) is 12.6. The highest BCUT2D eigenvalue weighted by Gasteiger charge is 2.10. The number of hydrogen-bond acceptors (Lipinski definition) is 4. The van der Waals surface area contributed by atoms with E-state index in [9.17, 15) is 0 Å². The lowest BCUT2D eigenvalue weighted by Crippen LogP contribution is -2.21. The highest BCUT2D eigenvalue weighted by Crippen LogP contribution is 2.11. The van der Waals surface area contributed by atoms with Gasteiger partial charge < -0.3 is 15.4 Å². The molecular formula is C14H23N3O. The summed E-state index contributed by atoms with van der Waals surface area (Å²) in [6, 6.07) is 3.97. The first-order valence-electron chi connectivity index (χ1n) is 6.88. The van der Waals surface area contributed by atoms with Crippen LogP contribution in [-0.2, 0) is 6.42 Å². The normalized spacial score (nSPS) is 16.1. The van der Waals surface area contributed by atoms with Gasteiger partial charge in [-0.25, -0.2) is 0 Å². The predicted molar refractivity (Wildman–Crippen MR) is 72.8 cm³/mol. The molecule has 1 fully saturated rings. The van der Waals surface area contributed by atoms with E-state index in [1.807, 2.05) is 12.1 Å². The third-order valence-electron chi connectivity index (χ3n) is 3.28. The van der Waals surface area contributed by atoms with E-state index in [2.05, 4.69) is 9.88 Å². The maximum Gasteiger partial charge on any atom is 0.137 e. The van der Waals surface area contributed by atoms with Gasteiger partial charge >= 0.3 is 0 Å². The molecule has 100 valence electrons. The minimum absolute atomic E-state index is 0.642. The lowest BCUT2D eigenvalue weighted by atomic mass is 10.3. The van der Waals surface area contributed by atoms with Gasteiger partial charge in [0.05, 0.1) is 12.8 Å². The van der Waals surface area contributed by atoms with E-state index in [-0.39, 0.29) is 0 Å². The van der Waals surface area contributed by atoms with Crippen molar-refractivity contribution >= 4 is 0 Å². The van der Waals surface area contributed by atoms with Gasteiger partial charge in [-0.1, -0.05) is 0 Å². The van der Waals surface area contributed by atoms with Crippen LogP contribution in [-0.4, -0.2) is 42.7 Å². The van der Waals surface area contributed by atoms with Crippen molar-refractivity contribution in [3.63, 3.8) is 0 Å². The fourth-order valence-corrected chi connectivity index (χ4v) is 2.28. The Morgan fingerprint density at radius 3 is 2.78 bits per heavy atom. The first kappa shape index (κ1) is 13.3. The maximum atomic E-state index is 5.68. The number of aromatic nitrogens is 1. The minimum Gasteiger partial charge on any atom is -0.492 e. The zero-order valence-corrected chi connectivity index (χ0v) is 11.0. The zero-order valence-electron chi connectivity index (χ0n) is 11.0. The average molecular weight is 249 g/mol. The van der Waals surface area contributed by atoms with Crippen LogP contribution < -0.4 is 10.5 Å². The highest BCUT2D eigenvalue weighted by atomic mass is 16.5. The number of ether oxygens (including phenoxy) is 1. The van der Waals surface area contributed by atoms with Crippen LogP contribution in [0.2, 0.25) is 0 Å². The molecule has 0 saturated carbocycles. The Balaban J connectivity index is 1.63. The Morgan fingerprint density at radius 1 is 1.28 bits per heavy atom. The van der Waals surface area contributed by atoms with E-state index in [4.69, 9.17) is 10.5 Å². The van der Waals surface area contributed by atoms with E-state index in [0.29, 0.717) is 6.54 Å². The van der Waals surface area contributed by atoms with Gasteiger partial charge in [0.25, 0.3) is 0 Å². The molecule has 0 radical (unpaired) electrons. The fraction of sp³-hybridized carbons (Fsp3) is 0.643. The number of hydrogen-bond donors (Lipinski definition) is 1. The molecule has 4 heteroatoms. The van der Waals surface area contributed by atoms with Crippen molar-refractivity contribution in [3.8, 4) is 5.75 Å². The van der Waals surface area contributed by atoms with Gasteiger partial charge in [0.15, 0.2) is 0 Å². The summed E-state index contributed by atoms with van der Waals surface area (Å²) in [5.74, 6) is 0.859. The molecule has 0 unspecified atom stereocenters. The van der Waals surface area contributed by atoms with Gasteiger partial charge in [-0.05, 0) is 51.0 Å². The van der Waals surface area contributed by atoms with Gasteiger partial charge in [-0.15, -0.1) is 0 Å². The van der Waals surface area contributed by atoms with Gasteiger partial charge in [-0.3, -0.25) is 4.98 Å². The first-order chi connectivity index (χ1) is 8.88. The quantitative estimate of drug-likeness (QED) is 0.743. The highest BCUT2D eigenvalue weighted by molar-refractivity contribution is 5.19. The number of rotatable bonds is 7. The largest absolute Gasteiger partial charge is 0.492 e. The van der Waals surface area contributed by atoms with Gasteiger partial charge in [0.1, 0.15) is 5.75 Å². The lowest BCUT2D eigenvalue weighted by molar-refractivity contribution is 0.262. The van der Waals surface area contributed by atoms with Crippen LogP contribution in [0, 0.1) is 0 Å². The van der Waals surface area contributed by atoms with Crippen molar-refractivity contribution < 1.29 is 4.74 Å². The molecule has 18 heavy (non-hydrogen) atoms. The molecule has 0 spiro atoms. The van der Waals surface area contributed by atoms with Crippen molar-refractivity contribution in [1.29, 1.82) is 0 Å². The van der Waals surface area contributed by atoms with Crippen LogP contribution in [0.3, 0.4) is 0 Å². The van der Waals surface area contributed by atoms with Crippen LogP contribution in [0.15, 0.2) is 18.3 Å². The molecule has 1 aromatic heterocycles. The molecule has 0 aromatic carbocycles. The molecule has 0 amide bonds. The van der Waals surface area contributed by atoms with Crippen molar-refractivity contribution in [2.75, 3.05) is 32.8 Å². The van der Waals surface area contributed by atoms with Crippen molar-refractivity contribution in [3.05, 3.63) is 24.0 Å². The smallest absolute Gasteiger partial charge is 0.137 e. The SMILES string of the molecule is NCCc1ccc(OCCCN2CCCC2)cn1. The van der Waals surface area contributed by atoms with Crippen LogP contribution in [0.1, 0.15) is 25.0 Å². The Bertz CT molecular complexity index is 333. The van der Waals surface area contributed by atoms with E-state index in [1.165, 1.54) is 25.9 Å². The Morgan fingerprint density at radius 2 is 2.11 bits per heavy atom. The molecule has 4 nitrogen and oxygen atoms in total. The molecule has 2 heterocycles. The molecule has 1 saturated heterocycles. The number of nitrogens with two attached hydrogens (primary N) is 1. The monoisotopic (exact) mass is 249 g/mol. The lowest BCUT2D eigenvalue weighted by Gasteiger charge is -2.14. The van der Waals surface area contributed by atoms with Crippen LogP contribution in [0.4, 0.5) is 0 Å². The summed E-state index contributed by atoms with van der Waals surface area (Å²) in [5, 5.41) is 0. The van der Waals surface area contributed by atoms with E-state index < -0.39 is 0 Å². The summed E-state index contributed by atoms with van der Waals surface area (Å²) in [5.41, 5.74) is 6.51. The number of likely N-dealkylation sites (tertiary alicyclic amines) is 1. The van der Waals surface area contributed by atoms with Crippen LogP contribution in [0.25, 0.3) is 0 Å². The van der Waals surface area contributed by atoms with Gasteiger partial charge in [-0.2, -0.15) is 0 Å². The Labute approximate surface area is 109 Å². The second-order valence-corrected chi connectivity index (χ2v) is 4.77. The molecule has 2 rings (SSSR count). The maximum absolute atomic E-state index is 5.68. The van der Waals surface area contributed by atoms with Gasteiger partial charge in [0, 0.05) is 18.7 Å². The standard InChI is InChI=1S/C14H23N3O/c15-7-6-13-4-5-14(12-16-13)18-11-3-10-17-8-1-2-9-17/h4-5,12H,1-3,6-11,15H2. The van der Waals surface area contributed by atoms with Crippen molar-refractivity contribution in [1.82, 2.24) is 9.88 Å². The third-order valence-corrected chi connectivity index (χ3v) is 3.28. The molecule has 0 aliphatic carbocycles.